The molecule has 1 fully saturated rings. The summed E-state index contributed by atoms with van der Waals surface area (Å²) < 4.78 is 10.6. The normalized spacial score (nSPS) is 25.0. The molecule has 4 heteroatoms. The summed E-state index contributed by atoms with van der Waals surface area (Å²) in [5.41, 5.74) is -0.433. The van der Waals surface area contributed by atoms with Gasteiger partial charge in [0, 0.05) is 0 Å². The van der Waals surface area contributed by atoms with Crippen LogP contribution < -0.4 is 5.32 Å². The first-order chi connectivity index (χ1) is 7.60. The van der Waals surface area contributed by atoms with Gasteiger partial charge in [-0.3, -0.25) is 4.79 Å². The Bertz CT molecular complexity index is 222. The zero-order valence-electron chi connectivity index (χ0n) is 10.5. The van der Waals surface area contributed by atoms with E-state index in [1.54, 1.807) is 0 Å². The van der Waals surface area contributed by atoms with Gasteiger partial charge in [0.15, 0.2) is 0 Å². The molecule has 0 saturated carbocycles. The van der Waals surface area contributed by atoms with E-state index in [9.17, 15) is 4.79 Å². The van der Waals surface area contributed by atoms with E-state index < -0.39 is 5.54 Å². The van der Waals surface area contributed by atoms with Crippen LogP contribution in [0.25, 0.3) is 0 Å². The fourth-order valence-electron chi connectivity index (χ4n) is 1.98. The average molecular weight is 229 g/mol. The van der Waals surface area contributed by atoms with Gasteiger partial charge in [-0.05, 0) is 39.7 Å². The van der Waals surface area contributed by atoms with Gasteiger partial charge < -0.3 is 14.8 Å². The first kappa shape index (κ1) is 13.5. The molecule has 0 aromatic rings. The number of carbonyl (C=O) groups excluding carboxylic acids is 1. The first-order valence-corrected chi connectivity index (χ1v) is 6.14. The highest BCUT2D eigenvalue weighted by molar-refractivity contribution is 5.81. The van der Waals surface area contributed by atoms with Gasteiger partial charge in [-0.1, -0.05) is 6.92 Å². The van der Waals surface area contributed by atoms with E-state index in [2.05, 4.69) is 5.32 Å². The van der Waals surface area contributed by atoms with Gasteiger partial charge in [0.1, 0.15) is 12.1 Å². The van der Waals surface area contributed by atoms with Crippen molar-refractivity contribution >= 4 is 5.97 Å². The summed E-state index contributed by atoms with van der Waals surface area (Å²) in [6.45, 7) is 7.68. The molecule has 1 aliphatic rings. The molecule has 1 rings (SSSR count). The van der Waals surface area contributed by atoms with Crippen molar-refractivity contribution in [3.05, 3.63) is 0 Å². The minimum absolute atomic E-state index is 0.125. The predicted molar refractivity (Wildman–Crippen MR) is 62.3 cm³/mol. The molecule has 1 saturated heterocycles. The van der Waals surface area contributed by atoms with Crippen molar-refractivity contribution in [2.45, 2.75) is 51.7 Å². The minimum atomic E-state index is -0.433. The summed E-state index contributed by atoms with van der Waals surface area (Å²) in [6.07, 6.45) is 2.90. The number of rotatable bonds is 6. The molecule has 16 heavy (non-hydrogen) atoms. The van der Waals surface area contributed by atoms with Crippen LogP contribution in [0.4, 0.5) is 0 Å². The van der Waals surface area contributed by atoms with Crippen LogP contribution in [0.2, 0.25) is 0 Å². The molecule has 0 bridgehead atoms. The summed E-state index contributed by atoms with van der Waals surface area (Å²) >= 11 is 0. The molecule has 0 aromatic heterocycles. The van der Waals surface area contributed by atoms with Crippen LogP contribution in [-0.4, -0.2) is 37.4 Å². The summed E-state index contributed by atoms with van der Waals surface area (Å²) in [5.74, 6) is -0.125. The average Bonchev–Trinajstić information content (AvgIpc) is 2.73. The van der Waals surface area contributed by atoms with Gasteiger partial charge in [-0.25, -0.2) is 0 Å². The predicted octanol–water partition coefficient (Wildman–Crippen LogP) is 1.49. The van der Waals surface area contributed by atoms with Gasteiger partial charge in [-0.2, -0.15) is 0 Å². The monoisotopic (exact) mass is 229 g/mol. The lowest BCUT2D eigenvalue weighted by molar-refractivity contribution is -0.153. The Labute approximate surface area is 97.7 Å². The lowest BCUT2D eigenvalue weighted by Crippen LogP contribution is -2.48. The van der Waals surface area contributed by atoms with E-state index in [-0.39, 0.29) is 12.1 Å². The minimum Gasteiger partial charge on any atom is -0.462 e. The number of esters is 1. The van der Waals surface area contributed by atoms with E-state index in [1.807, 2.05) is 20.8 Å². The maximum absolute atomic E-state index is 11.9. The molecule has 0 radical (unpaired) electrons. The third-order valence-electron chi connectivity index (χ3n) is 3.01. The van der Waals surface area contributed by atoms with E-state index in [0.29, 0.717) is 13.2 Å². The molecule has 0 aromatic carbocycles. The second-order valence-electron chi connectivity index (χ2n) is 4.52. The lowest BCUT2D eigenvalue weighted by atomic mass is 9.94. The molecule has 1 heterocycles. The molecule has 0 spiro atoms. The Balaban J connectivity index is 2.28. The van der Waals surface area contributed by atoms with E-state index >= 15 is 0 Å². The van der Waals surface area contributed by atoms with Gasteiger partial charge in [-0.15, -0.1) is 0 Å². The van der Waals surface area contributed by atoms with Gasteiger partial charge in [0.25, 0.3) is 0 Å². The molecule has 1 atom stereocenters. The third kappa shape index (κ3) is 3.46. The maximum Gasteiger partial charge on any atom is 0.326 e. The van der Waals surface area contributed by atoms with Crippen LogP contribution in [0.15, 0.2) is 0 Å². The Morgan fingerprint density at radius 2 is 2.19 bits per heavy atom. The SMILES string of the molecule is CCC1(C(=O)OCCOC(C)C)CCCN1. The molecule has 0 aliphatic carbocycles. The lowest BCUT2D eigenvalue weighted by Gasteiger charge is -2.25. The van der Waals surface area contributed by atoms with Crippen molar-refractivity contribution in [2.75, 3.05) is 19.8 Å². The topological polar surface area (TPSA) is 47.6 Å². The highest BCUT2D eigenvalue weighted by atomic mass is 16.6. The van der Waals surface area contributed by atoms with Crippen molar-refractivity contribution < 1.29 is 14.3 Å². The Hall–Kier alpha value is -0.610. The smallest absolute Gasteiger partial charge is 0.326 e. The number of carbonyl (C=O) groups is 1. The molecular formula is C12H23NO3. The van der Waals surface area contributed by atoms with Crippen LogP contribution in [0.5, 0.6) is 0 Å². The fourth-order valence-corrected chi connectivity index (χ4v) is 1.98. The highest BCUT2D eigenvalue weighted by Crippen LogP contribution is 2.24. The highest BCUT2D eigenvalue weighted by Gasteiger charge is 2.40. The van der Waals surface area contributed by atoms with Crippen molar-refractivity contribution in [3.8, 4) is 0 Å². The summed E-state index contributed by atoms with van der Waals surface area (Å²) in [5, 5.41) is 3.25. The molecule has 4 nitrogen and oxygen atoms in total. The van der Waals surface area contributed by atoms with Crippen molar-refractivity contribution in [1.29, 1.82) is 0 Å². The maximum atomic E-state index is 11.9. The molecule has 1 N–H and O–H groups in total. The quantitative estimate of drug-likeness (QED) is 0.553. The molecular weight excluding hydrogens is 206 g/mol. The molecule has 0 amide bonds. The second-order valence-corrected chi connectivity index (χ2v) is 4.52. The summed E-state index contributed by atoms with van der Waals surface area (Å²) in [7, 11) is 0. The number of hydrogen-bond donors (Lipinski definition) is 1. The molecule has 1 unspecified atom stereocenters. The summed E-state index contributed by atoms with van der Waals surface area (Å²) in [4.78, 5) is 11.9. The van der Waals surface area contributed by atoms with Gasteiger partial charge in [0.05, 0.1) is 12.7 Å². The Morgan fingerprint density at radius 1 is 1.44 bits per heavy atom. The second kappa shape index (κ2) is 6.21. The Kier molecular flexibility index (Phi) is 5.22. The van der Waals surface area contributed by atoms with Crippen molar-refractivity contribution in [1.82, 2.24) is 5.32 Å². The van der Waals surface area contributed by atoms with Crippen LogP contribution in [0.3, 0.4) is 0 Å². The van der Waals surface area contributed by atoms with E-state index in [4.69, 9.17) is 9.47 Å². The van der Waals surface area contributed by atoms with Gasteiger partial charge in [0.2, 0.25) is 0 Å². The van der Waals surface area contributed by atoms with Crippen LogP contribution in [-0.2, 0) is 14.3 Å². The van der Waals surface area contributed by atoms with Crippen molar-refractivity contribution in [2.24, 2.45) is 0 Å². The van der Waals surface area contributed by atoms with E-state index in [1.165, 1.54) is 0 Å². The largest absolute Gasteiger partial charge is 0.462 e. The standard InChI is InChI=1S/C12H23NO3/c1-4-12(6-5-7-13-12)11(14)16-9-8-15-10(2)3/h10,13H,4-9H2,1-3H3. The first-order valence-electron chi connectivity index (χ1n) is 6.14. The molecule has 1 aliphatic heterocycles. The van der Waals surface area contributed by atoms with Crippen LogP contribution in [0.1, 0.15) is 40.0 Å². The Morgan fingerprint density at radius 3 is 2.69 bits per heavy atom. The van der Waals surface area contributed by atoms with Gasteiger partial charge >= 0.3 is 5.97 Å². The zero-order chi connectivity index (χ0) is 12.0. The van der Waals surface area contributed by atoms with Crippen molar-refractivity contribution in [3.63, 3.8) is 0 Å². The van der Waals surface area contributed by atoms with E-state index in [0.717, 1.165) is 25.8 Å². The number of nitrogens with one attached hydrogen (secondary N) is 1. The zero-order valence-corrected chi connectivity index (χ0v) is 10.5. The molecule has 94 valence electrons. The number of ether oxygens (including phenoxy) is 2. The van der Waals surface area contributed by atoms with Crippen LogP contribution >= 0.6 is 0 Å². The fraction of sp³-hybridized carbons (Fsp3) is 0.917. The van der Waals surface area contributed by atoms with Crippen LogP contribution in [0, 0.1) is 0 Å². The third-order valence-corrected chi connectivity index (χ3v) is 3.01. The summed E-state index contributed by atoms with van der Waals surface area (Å²) in [6, 6.07) is 0. The number of hydrogen-bond acceptors (Lipinski definition) is 4.